The summed E-state index contributed by atoms with van der Waals surface area (Å²) in [7, 11) is 2.44. The van der Waals surface area contributed by atoms with Gasteiger partial charge in [0.05, 0.1) is 7.11 Å². The fourth-order valence-corrected chi connectivity index (χ4v) is 7.75. The summed E-state index contributed by atoms with van der Waals surface area (Å²) in [5, 5.41) is 7.79. The molecule has 1 heterocycles. The van der Waals surface area contributed by atoms with Crippen molar-refractivity contribution in [1.29, 1.82) is 0 Å². The molecule has 7 rings (SSSR count). The topological polar surface area (TPSA) is 48.0 Å². The van der Waals surface area contributed by atoms with Gasteiger partial charge in [-0.15, -0.1) is 0 Å². The molecule has 0 spiro atoms. The van der Waals surface area contributed by atoms with Crippen molar-refractivity contribution in [3.8, 4) is 17.2 Å². The Bertz CT molecular complexity index is 1990. The molecular weight excluding hydrogens is 548 g/mol. The van der Waals surface area contributed by atoms with Crippen molar-refractivity contribution in [3.05, 3.63) is 121 Å². The van der Waals surface area contributed by atoms with Crippen LogP contribution in [0.15, 0.2) is 130 Å². The number of hydrogen-bond donors (Lipinski definition) is 0. The molecule has 0 N–H and O–H groups in total. The number of benzene rings is 6. The van der Waals surface area contributed by atoms with Crippen LogP contribution in [-0.4, -0.2) is 14.2 Å². The smallest absolute Gasteiger partial charge is 0.313 e. The van der Waals surface area contributed by atoms with Crippen LogP contribution in [0.25, 0.3) is 43.5 Å². The third-order valence-corrected chi connectivity index (χ3v) is 10.1. The van der Waals surface area contributed by atoms with E-state index in [1.54, 1.807) is 7.11 Å². The van der Waals surface area contributed by atoms with Gasteiger partial charge < -0.3 is 17.9 Å². The Morgan fingerprint density at radius 3 is 1.71 bits per heavy atom. The van der Waals surface area contributed by atoms with Crippen LogP contribution in [0.2, 0.25) is 0 Å². The molecule has 0 amide bonds. The van der Waals surface area contributed by atoms with Crippen molar-refractivity contribution in [2.24, 2.45) is 0 Å². The van der Waals surface area contributed by atoms with Gasteiger partial charge in [-0.3, -0.25) is 0 Å². The first-order valence-corrected chi connectivity index (χ1v) is 15.4. The van der Waals surface area contributed by atoms with Crippen LogP contribution in [-0.2, 0) is 0 Å². The third-order valence-electron chi connectivity index (χ3n) is 7.09. The quantitative estimate of drug-likeness (QED) is 0.185. The molecule has 0 bridgehead atoms. The molecule has 202 valence electrons. The van der Waals surface area contributed by atoms with E-state index < -0.39 is 8.16 Å². The average Bonchev–Trinajstić information content (AvgIpc) is 3.20. The van der Waals surface area contributed by atoms with E-state index in [0.29, 0.717) is 11.5 Å². The molecule has 1 unspecified atom stereocenters. The lowest BCUT2D eigenvalue weighted by Gasteiger charge is -2.17. The van der Waals surface area contributed by atoms with Gasteiger partial charge in [0.15, 0.2) is 11.5 Å². The van der Waals surface area contributed by atoms with Crippen molar-refractivity contribution in [2.75, 3.05) is 18.6 Å². The molecule has 41 heavy (non-hydrogen) atoms. The second kappa shape index (κ2) is 11.0. The molecular formula is C34H27NO4P2. The SMILES string of the molecule is COc1ccccc1Oc1ccccc1PN(C)p1oc2ccc3ccccc3c2c2c(ccc3ccccc32)o1. The summed E-state index contributed by atoms with van der Waals surface area (Å²) in [6.45, 7) is 0. The minimum atomic E-state index is -1.48. The molecule has 7 heteroatoms. The summed E-state index contributed by atoms with van der Waals surface area (Å²) in [6.07, 6.45) is 0. The second-order valence-electron chi connectivity index (χ2n) is 9.62. The van der Waals surface area contributed by atoms with E-state index in [4.69, 9.17) is 17.9 Å². The maximum absolute atomic E-state index is 6.74. The van der Waals surface area contributed by atoms with Gasteiger partial charge in [0.25, 0.3) is 0 Å². The van der Waals surface area contributed by atoms with Gasteiger partial charge in [0.2, 0.25) is 0 Å². The Morgan fingerprint density at radius 2 is 1.10 bits per heavy atom. The van der Waals surface area contributed by atoms with Gasteiger partial charge >= 0.3 is 8.16 Å². The van der Waals surface area contributed by atoms with Crippen LogP contribution >= 0.6 is 16.9 Å². The lowest BCUT2D eigenvalue weighted by Crippen LogP contribution is -2.09. The zero-order valence-corrected chi connectivity index (χ0v) is 24.5. The maximum Gasteiger partial charge on any atom is 0.313 e. The van der Waals surface area contributed by atoms with Crippen molar-refractivity contribution in [3.63, 3.8) is 0 Å². The third kappa shape index (κ3) is 4.83. The molecule has 0 saturated carbocycles. The summed E-state index contributed by atoms with van der Waals surface area (Å²) < 4.78 is 27.5. The minimum Gasteiger partial charge on any atom is -0.493 e. The van der Waals surface area contributed by atoms with Crippen LogP contribution in [0, 0.1) is 0 Å². The number of hydrogen-bond acceptors (Lipinski definition) is 5. The van der Waals surface area contributed by atoms with Gasteiger partial charge in [-0.1, -0.05) is 84.9 Å². The standard InChI is InChI=1S/C34H27NO4P2/c1-35(40-32-18-10-9-17-29(32)37-28-16-8-7-15-27(28)36-2)41-38-30-21-19-23-11-3-5-13-25(23)33(30)34-26-14-6-4-12-24(26)20-22-31(34)39-41/h3-22,40H,1-2H3. The fourth-order valence-electron chi connectivity index (χ4n) is 5.17. The monoisotopic (exact) mass is 575 g/mol. The lowest BCUT2D eigenvalue weighted by molar-refractivity contribution is 0.380. The molecule has 0 saturated heterocycles. The first-order valence-electron chi connectivity index (χ1n) is 13.3. The molecule has 0 aliphatic carbocycles. The maximum atomic E-state index is 6.74. The molecule has 1 aromatic heterocycles. The van der Waals surface area contributed by atoms with Crippen LogP contribution in [0.1, 0.15) is 0 Å². The van der Waals surface area contributed by atoms with E-state index >= 15 is 0 Å². The highest BCUT2D eigenvalue weighted by Gasteiger charge is 2.17. The second-order valence-corrected chi connectivity index (χ2v) is 12.9. The summed E-state index contributed by atoms with van der Waals surface area (Å²) >= 11 is 0. The summed E-state index contributed by atoms with van der Waals surface area (Å²) in [5.74, 6) is 2.13. The average molecular weight is 576 g/mol. The number of ether oxygens (including phenoxy) is 2. The fraction of sp³-hybridized carbons (Fsp3) is 0.0588. The number of fused-ring (bicyclic) bond motifs is 7. The summed E-state index contributed by atoms with van der Waals surface area (Å²) in [6, 6.07) is 41.0. The lowest BCUT2D eigenvalue weighted by atomic mass is 9.99. The molecule has 0 fully saturated rings. The minimum absolute atomic E-state index is 0.237. The zero-order valence-electron chi connectivity index (χ0n) is 22.6. The van der Waals surface area contributed by atoms with E-state index in [9.17, 15) is 0 Å². The van der Waals surface area contributed by atoms with Gasteiger partial charge in [-0.2, -0.15) is 4.44 Å². The van der Waals surface area contributed by atoms with Crippen LogP contribution in [0.4, 0.5) is 0 Å². The van der Waals surface area contributed by atoms with Gasteiger partial charge in [0, 0.05) is 23.1 Å². The van der Waals surface area contributed by atoms with Crippen molar-refractivity contribution < 1.29 is 17.9 Å². The molecule has 0 radical (unpaired) electrons. The normalized spacial score (nSPS) is 11.8. The number of para-hydroxylation sites is 3. The Hall–Kier alpha value is -4.27. The van der Waals surface area contributed by atoms with E-state index in [-0.39, 0.29) is 8.73 Å². The first-order chi connectivity index (χ1) is 20.2. The molecule has 6 aromatic carbocycles. The summed E-state index contributed by atoms with van der Waals surface area (Å²) in [4.78, 5) is 0. The predicted octanol–water partition coefficient (Wildman–Crippen LogP) is 9.88. The Morgan fingerprint density at radius 1 is 0.585 bits per heavy atom. The first kappa shape index (κ1) is 25.7. The highest BCUT2D eigenvalue weighted by atomic mass is 31.2. The molecule has 5 nitrogen and oxygen atoms in total. The predicted molar refractivity (Wildman–Crippen MR) is 173 cm³/mol. The number of nitrogens with zero attached hydrogens (tertiary/aromatic N) is 1. The van der Waals surface area contributed by atoms with E-state index in [1.807, 2.05) is 49.5 Å². The molecule has 7 aromatic rings. The number of rotatable bonds is 6. The summed E-state index contributed by atoms with van der Waals surface area (Å²) in [5.41, 5.74) is 1.64. The van der Waals surface area contributed by atoms with E-state index in [2.05, 4.69) is 83.3 Å². The highest BCUT2D eigenvalue weighted by molar-refractivity contribution is 7.62. The largest absolute Gasteiger partial charge is 0.493 e. The zero-order chi connectivity index (χ0) is 27.8. The van der Waals surface area contributed by atoms with E-state index in [1.165, 1.54) is 0 Å². The Balaban J connectivity index is 1.39. The van der Waals surface area contributed by atoms with Crippen molar-refractivity contribution >= 4 is 65.7 Å². The van der Waals surface area contributed by atoms with Gasteiger partial charge in [-0.05, 0) is 66.7 Å². The van der Waals surface area contributed by atoms with Crippen LogP contribution in [0.3, 0.4) is 0 Å². The molecule has 0 aliphatic heterocycles. The Labute approximate surface area is 240 Å². The van der Waals surface area contributed by atoms with E-state index in [0.717, 1.165) is 54.5 Å². The van der Waals surface area contributed by atoms with Crippen molar-refractivity contribution in [1.82, 2.24) is 0 Å². The van der Waals surface area contributed by atoms with Crippen LogP contribution < -0.4 is 19.2 Å². The van der Waals surface area contributed by atoms with Crippen molar-refractivity contribution in [2.45, 2.75) is 0 Å². The Kier molecular flexibility index (Phi) is 6.86. The van der Waals surface area contributed by atoms with Gasteiger partial charge in [0.1, 0.15) is 16.9 Å². The molecule has 0 aliphatic rings. The van der Waals surface area contributed by atoms with Gasteiger partial charge in [-0.25, -0.2) is 0 Å². The molecule has 1 atom stereocenters. The highest BCUT2D eigenvalue weighted by Crippen LogP contribution is 2.45. The van der Waals surface area contributed by atoms with Crippen LogP contribution in [0.5, 0.6) is 17.2 Å². The number of methoxy groups -OCH3 is 1.